The Labute approximate surface area is 166 Å². The maximum absolute atomic E-state index is 7.78. The van der Waals surface area contributed by atoms with Crippen LogP contribution in [0.5, 0.6) is 0 Å². The molecule has 0 radical (unpaired) electrons. The summed E-state index contributed by atoms with van der Waals surface area (Å²) in [5.41, 5.74) is 0. The minimum atomic E-state index is -1.97. The predicted octanol–water partition coefficient (Wildman–Crippen LogP) is 5.06. The molecule has 0 aliphatic carbocycles. The minimum Gasteiger partial charge on any atom is -0.468 e. The van der Waals surface area contributed by atoms with Crippen molar-refractivity contribution in [2.45, 2.75) is 68.1 Å². The average Bonchev–Trinajstić information content (AvgIpc) is 2.45. The first kappa shape index (κ1) is 23.2. The summed E-state index contributed by atoms with van der Waals surface area (Å²) in [5.74, 6) is -0.456. The van der Waals surface area contributed by atoms with Gasteiger partial charge < -0.3 is 18.6 Å². The molecule has 0 unspecified atom stereocenters. The van der Waals surface area contributed by atoms with Gasteiger partial charge in [0.2, 0.25) is 5.90 Å². The van der Waals surface area contributed by atoms with Crippen LogP contribution < -0.4 is 0 Å². The summed E-state index contributed by atoms with van der Waals surface area (Å²) in [6, 6.07) is 0. The third kappa shape index (κ3) is 7.01. The Morgan fingerprint density at radius 1 is 1.20 bits per heavy atom. The Balaban J connectivity index is 2.85. The molecule has 1 aliphatic rings. The molecule has 0 aromatic rings. The molecule has 1 rings (SSSR count). The molecule has 0 saturated carbocycles. The Morgan fingerprint density at radius 2 is 1.80 bits per heavy atom. The van der Waals surface area contributed by atoms with Crippen molar-refractivity contribution < 1.29 is 18.6 Å². The van der Waals surface area contributed by atoms with Crippen molar-refractivity contribution in [1.29, 1.82) is 5.41 Å². The molecule has 5 nitrogen and oxygen atoms in total. The van der Waals surface area contributed by atoms with Gasteiger partial charge in [0.25, 0.3) is 3.79 Å². The van der Waals surface area contributed by atoms with Crippen molar-refractivity contribution in [2.75, 3.05) is 13.2 Å². The Morgan fingerprint density at radius 3 is 2.28 bits per heavy atom. The van der Waals surface area contributed by atoms with Gasteiger partial charge in [-0.3, -0.25) is 5.41 Å². The van der Waals surface area contributed by atoms with Gasteiger partial charge in [-0.15, -0.1) is 0 Å². The molecule has 1 N–H and O–H groups in total. The number of ether oxygens (including phenoxy) is 3. The largest absolute Gasteiger partial charge is 0.468 e. The molecule has 0 aromatic heterocycles. The van der Waals surface area contributed by atoms with E-state index in [-0.39, 0.29) is 5.04 Å². The highest BCUT2D eigenvalue weighted by Crippen LogP contribution is 2.37. The summed E-state index contributed by atoms with van der Waals surface area (Å²) in [6.07, 6.45) is 1.93. The zero-order valence-electron chi connectivity index (χ0n) is 15.6. The number of alkyl halides is 3. The van der Waals surface area contributed by atoms with Gasteiger partial charge in [0, 0.05) is 6.61 Å². The van der Waals surface area contributed by atoms with E-state index in [1.54, 1.807) is 12.2 Å². The number of hydrogen-bond acceptors (Lipinski definition) is 5. The van der Waals surface area contributed by atoms with Gasteiger partial charge in [0.15, 0.2) is 14.6 Å². The van der Waals surface area contributed by atoms with Crippen LogP contribution in [0.3, 0.4) is 0 Å². The number of nitrogens with one attached hydrogen (secondary N) is 1. The van der Waals surface area contributed by atoms with E-state index in [0.717, 1.165) is 0 Å². The standard InChI is InChI=1S/C16H28Cl3NO4Si/c1-7-21-13-9-8-11(24-14(20)16(17,18)19)12(23-13)10-22-25(5,6)15(2,3)4/h8-9,11-13,20H,7,10H2,1-6H3/t11-,12+,13-/m0/s1. The van der Waals surface area contributed by atoms with E-state index >= 15 is 0 Å². The second-order valence-corrected chi connectivity index (χ2v) is 14.5. The van der Waals surface area contributed by atoms with Crippen molar-refractivity contribution in [1.82, 2.24) is 0 Å². The fourth-order valence-electron chi connectivity index (χ4n) is 1.84. The minimum absolute atomic E-state index is 0.0669. The lowest BCUT2D eigenvalue weighted by molar-refractivity contribution is -0.174. The van der Waals surface area contributed by atoms with Crippen molar-refractivity contribution in [2.24, 2.45) is 0 Å². The molecule has 1 aliphatic heterocycles. The quantitative estimate of drug-likeness (QED) is 0.209. The molecule has 1 heterocycles. The number of halogens is 3. The van der Waals surface area contributed by atoms with Gasteiger partial charge in [-0.25, -0.2) is 0 Å². The topological polar surface area (TPSA) is 60.8 Å². The summed E-state index contributed by atoms with van der Waals surface area (Å²) in [6.45, 7) is 13.5. The fraction of sp³-hybridized carbons (Fsp3) is 0.812. The molecule has 0 saturated heterocycles. The van der Waals surface area contributed by atoms with Gasteiger partial charge in [0.05, 0.1) is 6.61 Å². The van der Waals surface area contributed by atoms with E-state index in [9.17, 15) is 0 Å². The summed E-state index contributed by atoms with van der Waals surface area (Å²) in [4.78, 5) is 0. The molecule has 9 heteroatoms. The SMILES string of the molecule is CCO[C@@H]1C=C[C@H](OC(=N)C(Cl)(Cl)Cl)[C@@H](CO[Si](C)(C)C(C)(C)C)O1. The van der Waals surface area contributed by atoms with E-state index in [0.29, 0.717) is 13.2 Å². The van der Waals surface area contributed by atoms with Gasteiger partial charge >= 0.3 is 0 Å². The second kappa shape index (κ2) is 8.91. The van der Waals surface area contributed by atoms with E-state index in [2.05, 4.69) is 33.9 Å². The second-order valence-electron chi connectivity index (χ2n) is 7.36. The lowest BCUT2D eigenvalue weighted by Gasteiger charge is -2.39. The lowest BCUT2D eigenvalue weighted by atomic mass is 10.1. The molecular weight excluding hydrogens is 405 g/mol. The molecule has 0 aromatic carbocycles. The van der Waals surface area contributed by atoms with Crippen LogP contribution in [0, 0.1) is 5.41 Å². The molecular formula is C16H28Cl3NO4Si. The highest BCUT2D eigenvalue weighted by molar-refractivity contribution is 6.76. The maximum Gasteiger partial charge on any atom is 0.265 e. The first-order valence-electron chi connectivity index (χ1n) is 8.19. The van der Waals surface area contributed by atoms with Crippen LogP contribution >= 0.6 is 34.8 Å². The molecule has 0 spiro atoms. The molecule has 0 bridgehead atoms. The maximum atomic E-state index is 7.78. The molecule has 146 valence electrons. The van der Waals surface area contributed by atoms with Crippen molar-refractivity contribution >= 4 is 49.0 Å². The molecule has 0 fully saturated rings. The summed E-state index contributed by atoms with van der Waals surface area (Å²) >= 11 is 17.1. The Hall–Kier alpha value is 0.177. The van der Waals surface area contributed by atoms with E-state index in [1.807, 2.05) is 6.92 Å². The third-order valence-corrected chi connectivity index (χ3v) is 9.41. The number of hydrogen-bond donors (Lipinski definition) is 1. The van der Waals surface area contributed by atoms with Crippen molar-refractivity contribution in [3.05, 3.63) is 12.2 Å². The first-order valence-corrected chi connectivity index (χ1v) is 12.2. The van der Waals surface area contributed by atoms with Crippen LogP contribution in [0.1, 0.15) is 27.7 Å². The van der Waals surface area contributed by atoms with Crippen LogP contribution in [-0.2, 0) is 18.6 Å². The van der Waals surface area contributed by atoms with Gasteiger partial charge in [0.1, 0.15) is 12.2 Å². The summed E-state index contributed by atoms with van der Waals surface area (Å²) in [7, 11) is -1.97. The van der Waals surface area contributed by atoms with Crippen LogP contribution in [0.25, 0.3) is 0 Å². The van der Waals surface area contributed by atoms with Crippen molar-refractivity contribution in [3.63, 3.8) is 0 Å². The van der Waals surface area contributed by atoms with Crippen LogP contribution in [0.15, 0.2) is 12.2 Å². The highest BCUT2D eigenvalue weighted by atomic mass is 35.6. The normalized spacial score (nSPS) is 25.1. The highest BCUT2D eigenvalue weighted by Gasteiger charge is 2.40. The van der Waals surface area contributed by atoms with Crippen LogP contribution in [-0.4, -0.2) is 49.7 Å². The van der Waals surface area contributed by atoms with Gasteiger partial charge in [-0.05, 0) is 37.2 Å². The Bertz CT molecular complexity index is 489. The van der Waals surface area contributed by atoms with E-state index in [1.165, 1.54) is 0 Å². The predicted molar refractivity (Wildman–Crippen MR) is 105 cm³/mol. The molecule has 3 atom stereocenters. The molecule has 0 amide bonds. The van der Waals surface area contributed by atoms with E-state index < -0.39 is 36.5 Å². The average molecular weight is 433 g/mol. The smallest absolute Gasteiger partial charge is 0.265 e. The zero-order chi connectivity index (χ0) is 19.5. The van der Waals surface area contributed by atoms with Gasteiger partial charge in [-0.1, -0.05) is 55.6 Å². The van der Waals surface area contributed by atoms with E-state index in [4.69, 9.17) is 58.8 Å². The monoisotopic (exact) mass is 431 g/mol. The third-order valence-electron chi connectivity index (χ3n) is 4.39. The molecule has 25 heavy (non-hydrogen) atoms. The number of rotatable bonds is 6. The van der Waals surface area contributed by atoms with Crippen LogP contribution in [0.2, 0.25) is 18.1 Å². The van der Waals surface area contributed by atoms with Crippen LogP contribution in [0.4, 0.5) is 0 Å². The zero-order valence-corrected chi connectivity index (χ0v) is 18.8. The van der Waals surface area contributed by atoms with Gasteiger partial charge in [-0.2, -0.15) is 0 Å². The Kier molecular flexibility index (Phi) is 8.28. The lowest BCUT2D eigenvalue weighted by Crippen LogP contribution is -2.48. The summed E-state index contributed by atoms with van der Waals surface area (Å²) < 4.78 is 21.2. The van der Waals surface area contributed by atoms with Crippen molar-refractivity contribution in [3.8, 4) is 0 Å². The first-order chi connectivity index (χ1) is 11.3. The fourth-order valence-corrected chi connectivity index (χ4v) is 2.99. The summed E-state index contributed by atoms with van der Waals surface area (Å²) in [5, 5.41) is 7.85.